The van der Waals surface area contributed by atoms with Gasteiger partial charge in [-0.05, 0) is 149 Å². The first-order valence-corrected chi connectivity index (χ1v) is 32.5. The van der Waals surface area contributed by atoms with Crippen LogP contribution in [0.1, 0.15) is 33.4 Å². The van der Waals surface area contributed by atoms with E-state index in [0.29, 0.717) is 0 Å². The third-order valence-corrected chi connectivity index (χ3v) is 20.7. The normalized spacial score (nSPS) is 15.5. The van der Waals surface area contributed by atoms with Crippen molar-refractivity contribution in [1.82, 2.24) is 0 Å². The zero-order valence-electron chi connectivity index (χ0n) is 51.0. The molecule has 0 radical (unpaired) electrons. The van der Waals surface area contributed by atoms with E-state index in [1.54, 1.807) is 0 Å². The lowest BCUT2D eigenvalue weighted by atomic mass is 9.49. The lowest BCUT2D eigenvalue weighted by Crippen LogP contribution is -2.50. The lowest BCUT2D eigenvalue weighted by Gasteiger charge is -2.51. The van der Waals surface area contributed by atoms with Crippen LogP contribution in [-0.4, -0.2) is 0 Å². The van der Waals surface area contributed by atoms with Gasteiger partial charge in [0, 0.05) is 43.7 Å². The molecular weight excluding hydrogens is 1140 g/mol. The zero-order valence-corrected chi connectivity index (χ0v) is 51.0. The Hall–Kier alpha value is -12.2. The number of fused-ring (bicyclic) bond motifs is 18. The molecular formula is C90H56N2O2. The van der Waals surface area contributed by atoms with Crippen molar-refractivity contribution in [3.63, 3.8) is 0 Å². The van der Waals surface area contributed by atoms with Crippen molar-refractivity contribution in [3.8, 4) is 22.3 Å². The molecule has 4 heteroatoms. The van der Waals surface area contributed by atoms with Crippen LogP contribution in [-0.2, 0) is 10.8 Å². The third kappa shape index (κ3) is 7.17. The Morgan fingerprint density at radius 3 is 1.02 bits per heavy atom. The Morgan fingerprint density at radius 1 is 0.223 bits per heavy atom. The Labute approximate surface area is 542 Å². The third-order valence-electron chi connectivity index (χ3n) is 20.7. The van der Waals surface area contributed by atoms with Gasteiger partial charge in [0.15, 0.2) is 11.2 Å². The maximum atomic E-state index is 7.13. The fourth-order valence-corrected chi connectivity index (χ4v) is 17.1. The van der Waals surface area contributed by atoms with Crippen molar-refractivity contribution in [2.24, 2.45) is 0 Å². The van der Waals surface area contributed by atoms with E-state index < -0.39 is 10.8 Å². The van der Waals surface area contributed by atoms with Gasteiger partial charge in [-0.25, -0.2) is 0 Å². The van der Waals surface area contributed by atoms with E-state index in [4.69, 9.17) is 8.83 Å². The van der Waals surface area contributed by atoms with Crippen LogP contribution in [0.5, 0.6) is 0 Å². The Balaban J connectivity index is 0.971. The highest BCUT2D eigenvalue weighted by atomic mass is 16.3. The minimum Gasteiger partial charge on any atom is -0.454 e. The summed E-state index contributed by atoms with van der Waals surface area (Å²) in [6.07, 6.45) is 0. The van der Waals surface area contributed by atoms with Crippen LogP contribution < -0.4 is 9.80 Å². The van der Waals surface area contributed by atoms with Gasteiger partial charge in [-0.1, -0.05) is 279 Å². The summed E-state index contributed by atoms with van der Waals surface area (Å²) in [6.45, 7) is 0. The standard InChI is InChI=1S/C90H56N2O2/c1-3-29-61(30-4-1)89(75-43-19-15-39-73(75)85-69-37-13-11-33-65(69)81(55-77(85)89)91(63-51-49-57-25-7-9-27-59(57)53-63)79-45-23-41-71-67-35-17-21-47-83(67)93-87(71)79)90(62-31-5-2-6-32-62)76-44-20-16-40-74(76)86-70-38-14-12-34-66(70)82(56-78(86)90)92(64-52-50-58-26-8-10-28-60(58)54-64)80-46-24-42-72-68-36-18-22-48-84(68)94-88(72)80/h1-56H. The summed E-state index contributed by atoms with van der Waals surface area (Å²) in [6, 6.07) is 127. The van der Waals surface area contributed by atoms with E-state index in [-0.39, 0.29) is 0 Å². The van der Waals surface area contributed by atoms with Gasteiger partial charge in [-0.2, -0.15) is 0 Å². The van der Waals surface area contributed by atoms with Crippen molar-refractivity contribution >= 4 is 121 Å². The van der Waals surface area contributed by atoms with Crippen molar-refractivity contribution in [2.45, 2.75) is 10.8 Å². The number of hydrogen-bond acceptors (Lipinski definition) is 4. The first-order chi connectivity index (χ1) is 46.6. The molecule has 0 fully saturated rings. The molecule has 0 bridgehead atoms. The molecule has 2 aliphatic carbocycles. The summed E-state index contributed by atoms with van der Waals surface area (Å²) in [7, 11) is 0. The summed E-state index contributed by atoms with van der Waals surface area (Å²) < 4.78 is 14.3. The predicted octanol–water partition coefficient (Wildman–Crippen LogP) is 24.4. The van der Waals surface area contributed by atoms with Crippen LogP contribution in [0.4, 0.5) is 34.1 Å². The van der Waals surface area contributed by atoms with Crippen LogP contribution in [0.3, 0.4) is 0 Å². The fraction of sp³-hybridized carbons (Fsp3) is 0.0222. The van der Waals surface area contributed by atoms with Gasteiger partial charge in [0.25, 0.3) is 0 Å². The first-order valence-electron chi connectivity index (χ1n) is 32.5. The molecule has 0 spiro atoms. The molecule has 0 saturated heterocycles. The summed E-state index contributed by atoms with van der Waals surface area (Å²) in [5, 5.41) is 13.5. The van der Waals surface area contributed by atoms with E-state index in [2.05, 4.69) is 350 Å². The van der Waals surface area contributed by atoms with Crippen molar-refractivity contribution in [1.29, 1.82) is 0 Å². The van der Waals surface area contributed by atoms with Crippen LogP contribution in [0.25, 0.3) is 109 Å². The summed E-state index contributed by atoms with van der Waals surface area (Å²) in [5.41, 5.74) is 19.5. The summed E-state index contributed by atoms with van der Waals surface area (Å²) in [5.74, 6) is 0. The molecule has 2 aliphatic rings. The minimum atomic E-state index is -1.01. The van der Waals surface area contributed by atoms with Crippen molar-refractivity contribution in [3.05, 3.63) is 373 Å². The zero-order chi connectivity index (χ0) is 61.6. The molecule has 438 valence electrons. The van der Waals surface area contributed by atoms with Gasteiger partial charge in [0.1, 0.15) is 11.2 Å². The van der Waals surface area contributed by atoms with Crippen molar-refractivity contribution < 1.29 is 8.83 Å². The predicted molar refractivity (Wildman–Crippen MR) is 390 cm³/mol. The molecule has 18 aromatic rings. The first kappa shape index (κ1) is 52.5. The second-order valence-electron chi connectivity index (χ2n) is 25.3. The second kappa shape index (κ2) is 20.1. The highest BCUT2D eigenvalue weighted by Crippen LogP contribution is 2.72. The van der Waals surface area contributed by atoms with E-state index in [1.165, 1.54) is 66.4 Å². The topological polar surface area (TPSA) is 32.8 Å². The largest absolute Gasteiger partial charge is 0.454 e. The second-order valence-corrected chi connectivity index (χ2v) is 25.3. The van der Waals surface area contributed by atoms with Crippen molar-refractivity contribution in [2.75, 3.05) is 9.80 Å². The fourth-order valence-electron chi connectivity index (χ4n) is 17.1. The molecule has 0 aliphatic heterocycles. The average molecular weight is 1200 g/mol. The molecule has 4 nitrogen and oxygen atoms in total. The highest BCUT2D eigenvalue weighted by Gasteiger charge is 2.65. The van der Waals surface area contributed by atoms with E-state index in [0.717, 1.165) is 110 Å². The van der Waals surface area contributed by atoms with Crippen LogP contribution in [0, 0.1) is 0 Å². The summed E-state index contributed by atoms with van der Waals surface area (Å²) >= 11 is 0. The molecule has 2 atom stereocenters. The lowest BCUT2D eigenvalue weighted by molar-refractivity contribution is 0.438. The van der Waals surface area contributed by atoms with Gasteiger partial charge < -0.3 is 18.6 Å². The van der Waals surface area contributed by atoms with Crippen LogP contribution >= 0.6 is 0 Å². The number of nitrogens with zero attached hydrogens (tertiary/aromatic N) is 2. The molecule has 20 rings (SSSR count). The molecule has 16 aromatic carbocycles. The molecule has 0 amide bonds. The van der Waals surface area contributed by atoms with Gasteiger partial charge >= 0.3 is 0 Å². The minimum absolute atomic E-state index is 0.826. The smallest absolute Gasteiger partial charge is 0.159 e. The molecule has 0 N–H and O–H groups in total. The monoisotopic (exact) mass is 1200 g/mol. The molecule has 2 unspecified atom stereocenters. The SMILES string of the molecule is c1ccc(C2(C3(c4ccccc4)c4ccccc4-c4c3cc(N(c3ccc5ccccc5c3)c3cccc5c3oc3ccccc35)c3ccccc43)c3ccccc3-c3c2cc(N(c2ccc4ccccc4c2)c2cccc4c2oc2ccccc24)c2ccccc32)cc1. The van der Waals surface area contributed by atoms with Gasteiger partial charge in [-0.15, -0.1) is 0 Å². The Morgan fingerprint density at radius 2 is 0.574 bits per heavy atom. The summed E-state index contributed by atoms with van der Waals surface area (Å²) in [4.78, 5) is 4.99. The van der Waals surface area contributed by atoms with Gasteiger partial charge in [0.05, 0.1) is 33.6 Å². The Bertz CT molecular complexity index is 5780. The highest BCUT2D eigenvalue weighted by molar-refractivity contribution is 6.18. The Kier molecular flexibility index (Phi) is 11.2. The molecule has 0 saturated carbocycles. The van der Waals surface area contributed by atoms with Gasteiger partial charge in [0.2, 0.25) is 0 Å². The maximum absolute atomic E-state index is 7.13. The number of anilines is 6. The average Bonchev–Trinajstić information content (AvgIpc) is 1.46. The maximum Gasteiger partial charge on any atom is 0.159 e. The number of rotatable bonds is 9. The molecule has 94 heavy (non-hydrogen) atoms. The molecule has 2 heterocycles. The van der Waals surface area contributed by atoms with Crippen LogP contribution in [0.2, 0.25) is 0 Å². The number of hydrogen-bond donors (Lipinski definition) is 0. The quantitative estimate of drug-likeness (QED) is 0.144. The number of benzene rings is 16. The van der Waals surface area contributed by atoms with E-state index in [1.807, 2.05) is 0 Å². The van der Waals surface area contributed by atoms with Crippen LogP contribution in [0.15, 0.2) is 349 Å². The van der Waals surface area contributed by atoms with Gasteiger partial charge in [-0.3, -0.25) is 0 Å². The van der Waals surface area contributed by atoms with E-state index >= 15 is 0 Å². The number of furan rings is 2. The molecule has 2 aromatic heterocycles. The number of para-hydroxylation sites is 4. The van der Waals surface area contributed by atoms with E-state index in [9.17, 15) is 0 Å².